The predicted molar refractivity (Wildman–Crippen MR) is 217 cm³/mol. The monoisotopic (exact) mass is 821 g/mol. The van der Waals surface area contributed by atoms with E-state index < -0.39 is 34.5 Å². The van der Waals surface area contributed by atoms with Crippen molar-refractivity contribution in [1.82, 2.24) is 15.1 Å². The third-order valence-electron chi connectivity index (χ3n) is 10.3. The fourth-order valence-corrected chi connectivity index (χ4v) is 9.25. The first-order chi connectivity index (χ1) is 27.4. The van der Waals surface area contributed by atoms with Crippen molar-refractivity contribution in [2.75, 3.05) is 24.0 Å². The Morgan fingerprint density at radius 1 is 0.895 bits per heavy atom. The first kappa shape index (κ1) is 39.5. The molecule has 0 saturated heterocycles. The lowest BCUT2D eigenvalue weighted by Gasteiger charge is -2.35. The second-order valence-corrected chi connectivity index (χ2v) is 16.5. The second kappa shape index (κ2) is 16.4. The summed E-state index contributed by atoms with van der Waals surface area (Å²) in [5.41, 5.74) is 4.10. The van der Waals surface area contributed by atoms with Gasteiger partial charge in [0.25, 0.3) is 21.8 Å². The molecule has 0 radical (unpaired) electrons. The van der Waals surface area contributed by atoms with Crippen LogP contribution < -0.4 is 9.62 Å². The summed E-state index contributed by atoms with van der Waals surface area (Å²) in [6.07, 6.45) is 0.139. The number of nitriles is 1. The van der Waals surface area contributed by atoms with Gasteiger partial charge in [-0.3, -0.25) is 18.7 Å². The standard InChI is InChI=1S/C43H37Cl2N5O6S/c1-2-48-26-32-12-17-35(22-37(32)42(48)53)50(25-28-8-15-34(45)16-9-28)57(55,56)39-5-3-4-31(23-46)40(39)30-11-10-29-21-38(49(18-19-51)43(54)36(29)20-30)41(52)47-24-27-6-13-33(44)14-7-27/h3-17,20,22,38,51H,2,18-19,21,24-26H2,1H3,(H,47,52). The lowest BCUT2D eigenvalue weighted by atomic mass is 9.89. The largest absolute Gasteiger partial charge is 0.395 e. The van der Waals surface area contributed by atoms with Crippen LogP contribution >= 0.6 is 23.2 Å². The number of nitrogens with one attached hydrogen (secondary N) is 1. The molecule has 2 aliphatic rings. The first-order valence-electron chi connectivity index (χ1n) is 18.2. The molecule has 7 rings (SSSR count). The Labute approximate surface area is 340 Å². The van der Waals surface area contributed by atoms with Crippen molar-refractivity contribution < 1.29 is 27.9 Å². The maximum atomic E-state index is 15.1. The molecule has 2 N–H and O–H groups in total. The maximum Gasteiger partial charge on any atom is 0.265 e. The van der Waals surface area contributed by atoms with Crippen LogP contribution in [-0.4, -0.2) is 66.8 Å². The summed E-state index contributed by atoms with van der Waals surface area (Å²) >= 11 is 12.2. The topological polar surface area (TPSA) is 151 Å². The van der Waals surface area contributed by atoms with Gasteiger partial charge in [-0.2, -0.15) is 5.26 Å². The average Bonchev–Trinajstić information content (AvgIpc) is 3.54. The Morgan fingerprint density at radius 2 is 1.56 bits per heavy atom. The van der Waals surface area contributed by atoms with E-state index in [1.54, 1.807) is 83.8 Å². The number of nitrogens with zero attached hydrogens (tertiary/aromatic N) is 4. The molecule has 1 unspecified atom stereocenters. The molecule has 11 nitrogen and oxygen atoms in total. The zero-order valence-corrected chi connectivity index (χ0v) is 33.1. The Morgan fingerprint density at radius 3 is 2.23 bits per heavy atom. The zero-order valence-electron chi connectivity index (χ0n) is 30.8. The van der Waals surface area contributed by atoms with E-state index in [1.165, 1.54) is 33.5 Å². The Hall–Kier alpha value is -5.71. The smallest absolute Gasteiger partial charge is 0.265 e. The minimum absolute atomic E-state index is 0.0557. The number of benzene rings is 5. The van der Waals surface area contributed by atoms with Crippen molar-refractivity contribution in [3.63, 3.8) is 0 Å². The fourth-order valence-electron chi connectivity index (χ4n) is 7.32. The van der Waals surface area contributed by atoms with Crippen LogP contribution in [0.25, 0.3) is 11.1 Å². The third kappa shape index (κ3) is 7.84. The van der Waals surface area contributed by atoms with Gasteiger partial charge in [0.2, 0.25) is 5.91 Å². The van der Waals surface area contributed by atoms with E-state index in [2.05, 4.69) is 11.4 Å². The molecule has 0 spiro atoms. The number of carbonyl (C=O) groups is 3. The number of aliphatic hydroxyl groups excluding tert-OH is 1. The van der Waals surface area contributed by atoms with Gasteiger partial charge in [0, 0.05) is 59.3 Å². The molecule has 0 aromatic heterocycles. The van der Waals surface area contributed by atoms with Crippen LogP contribution in [0.2, 0.25) is 10.0 Å². The number of fused-ring (bicyclic) bond motifs is 2. The zero-order chi connectivity index (χ0) is 40.4. The molecule has 0 fully saturated rings. The van der Waals surface area contributed by atoms with Crippen molar-refractivity contribution in [3.05, 3.63) is 152 Å². The van der Waals surface area contributed by atoms with E-state index in [4.69, 9.17) is 23.2 Å². The minimum Gasteiger partial charge on any atom is -0.395 e. The molecule has 5 aromatic carbocycles. The molecule has 0 saturated carbocycles. The number of anilines is 1. The number of halogens is 2. The van der Waals surface area contributed by atoms with Crippen molar-refractivity contribution in [3.8, 4) is 17.2 Å². The summed E-state index contributed by atoms with van der Waals surface area (Å²) in [6.45, 7) is 2.37. The molecule has 2 heterocycles. The van der Waals surface area contributed by atoms with E-state index in [1.807, 2.05) is 6.92 Å². The van der Waals surface area contributed by atoms with E-state index in [0.29, 0.717) is 45.4 Å². The first-order valence-corrected chi connectivity index (χ1v) is 20.4. The van der Waals surface area contributed by atoms with E-state index in [0.717, 1.165) is 11.1 Å². The van der Waals surface area contributed by atoms with Crippen LogP contribution in [-0.2, 0) is 40.9 Å². The number of amides is 3. The molecule has 0 aliphatic carbocycles. The summed E-state index contributed by atoms with van der Waals surface area (Å²) in [5.74, 6) is -1.12. The van der Waals surface area contributed by atoms with Gasteiger partial charge < -0.3 is 20.2 Å². The molecule has 1 atom stereocenters. The van der Waals surface area contributed by atoms with Crippen LogP contribution in [0.5, 0.6) is 0 Å². The molecule has 0 bridgehead atoms. The van der Waals surface area contributed by atoms with Gasteiger partial charge in [-0.05, 0) is 89.3 Å². The quantitative estimate of drug-likeness (QED) is 0.144. The van der Waals surface area contributed by atoms with Crippen LogP contribution in [0.3, 0.4) is 0 Å². The highest BCUT2D eigenvalue weighted by Crippen LogP contribution is 2.38. The summed E-state index contributed by atoms with van der Waals surface area (Å²) in [5, 5.41) is 24.2. The van der Waals surface area contributed by atoms with E-state index in [9.17, 15) is 24.8 Å². The molecule has 3 amide bonds. The van der Waals surface area contributed by atoms with Gasteiger partial charge in [0.05, 0.1) is 35.4 Å². The van der Waals surface area contributed by atoms with E-state index in [-0.39, 0.29) is 59.2 Å². The number of rotatable bonds is 12. The number of hydrogen-bond donors (Lipinski definition) is 2. The Balaban J connectivity index is 1.28. The minimum atomic E-state index is -4.50. The number of carbonyl (C=O) groups excluding carboxylic acids is 3. The van der Waals surface area contributed by atoms with Gasteiger partial charge in [0.1, 0.15) is 6.04 Å². The predicted octanol–water partition coefficient (Wildman–Crippen LogP) is 6.58. The van der Waals surface area contributed by atoms with Crippen LogP contribution in [0, 0.1) is 11.3 Å². The molecule has 14 heteroatoms. The highest BCUT2D eigenvalue weighted by molar-refractivity contribution is 7.93. The number of sulfonamides is 1. The van der Waals surface area contributed by atoms with Crippen LogP contribution in [0.15, 0.2) is 108 Å². The summed E-state index contributed by atoms with van der Waals surface area (Å²) in [4.78, 5) is 43.7. The van der Waals surface area contributed by atoms with Crippen molar-refractivity contribution in [2.45, 2.75) is 43.9 Å². The summed E-state index contributed by atoms with van der Waals surface area (Å²) in [6, 6.07) is 29.2. The third-order valence-corrected chi connectivity index (χ3v) is 12.6. The van der Waals surface area contributed by atoms with Gasteiger partial charge in [0.15, 0.2) is 0 Å². The Kier molecular flexibility index (Phi) is 11.4. The normalized spacial score (nSPS) is 14.9. The summed E-state index contributed by atoms with van der Waals surface area (Å²) < 4.78 is 31.4. The fraction of sp³-hybridized carbons (Fsp3) is 0.209. The maximum absolute atomic E-state index is 15.1. The molecule has 290 valence electrons. The van der Waals surface area contributed by atoms with Gasteiger partial charge in [-0.25, -0.2) is 8.42 Å². The molecular weight excluding hydrogens is 785 g/mol. The highest BCUT2D eigenvalue weighted by atomic mass is 35.5. The van der Waals surface area contributed by atoms with Gasteiger partial charge >= 0.3 is 0 Å². The van der Waals surface area contributed by atoms with Crippen molar-refractivity contribution >= 4 is 56.6 Å². The number of aliphatic hydroxyl groups is 1. The lowest BCUT2D eigenvalue weighted by Crippen LogP contribution is -2.54. The SMILES string of the molecule is CCN1Cc2ccc(N(Cc3ccc(Cl)cc3)S(=O)(=O)c3cccc(C#N)c3-c3ccc4c(c3)C(=O)N(CCO)C(C(=O)NCc3ccc(Cl)cc3)C4)cc2C1=O. The molecular formula is C43H37Cl2N5O6S. The van der Waals surface area contributed by atoms with Crippen molar-refractivity contribution in [2.24, 2.45) is 0 Å². The Bertz CT molecular complexity index is 2540. The number of β-amino-alcohol motifs (C(OH)–C–C–N with tert-alkyl or cyclic N) is 1. The lowest BCUT2D eigenvalue weighted by molar-refractivity contribution is -0.126. The van der Waals surface area contributed by atoms with E-state index >= 15 is 8.42 Å². The van der Waals surface area contributed by atoms with Gasteiger partial charge in [-0.1, -0.05) is 71.7 Å². The highest BCUT2D eigenvalue weighted by Gasteiger charge is 2.38. The number of hydrogen-bond acceptors (Lipinski definition) is 7. The van der Waals surface area contributed by atoms with Gasteiger partial charge in [-0.15, -0.1) is 0 Å². The van der Waals surface area contributed by atoms with Crippen molar-refractivity contribution in [1.29, 1.82) is 5.26 Å². The molecule has 57 heavy (non-hydrogen) atoms. The molecule has 5 aromatic rings. The second-order valence-electron chi connectivity index (χ2n) is 13.7. The average molecular weight is 823 g/mol. The van der Waals surface area contributed by atoms with Crippen LogP contribution in [0.4, 0.5) is 5.69 Å². The van der Waals surface area contributed by atoms with Crippen LogP contribution in [0.1, 0.15) is 55.5 Å². The molecule has 2 aliphatic heterocycles. The summed E-state index contributed by atoms with van der Waals surface area (Å²) in [7, 11) is -4.50.